The number of phosphoric ester groups is 1. The first-order chi connectivity index (χ1) is 12.5. The molecule has 0 unspecified atom stereocenters. The average Bonchev–Trinajstić information content (AvgIpc) is 2.55. The van der Waals surface area contributed by atoms with E-state index >= 15 is 0 Å². The zero-order valence-corrected chi connectivity index (χ0v) is 15.5. The molecule has 1 atom stereocenters. The van der Waals surface area contributed by atoms with Crippen LogP contribution in [0, 0.1) is 6.92 Å². The number of hydrogen-bond acceptors (Lipinski definition) is 5. The predicted molar refractivity (Wildman–Crippen MR) is 93.5 cm³/mol. The number of guanidine groups is 1. The van der Waals surface area contributed by atoms with Crippen molar-refractivity contribution in [1.82, 2.24) is 4.98 Å². The topological polar surface area (TPSA) is 217 Å². The van der Waals surface area contributed by atoms with Gasteiger partial charge in [0.25, 0.3) is 0 Å². The highest BCUT2D eigenvalue weighted by Gasteiger charge is 2.23. The Balaban J connectivity index is 3.00. The molecular formula is C14H24N5O7P+2. The van der Waals surface area contributed by atoms with Gasteiger partial charge in [-0.2, -0.15) is 0 Å². The van der Waals surface area contributed by atoms with Crippen LogP contribution in [0.2, 0.25) is 0 Å². The molecule has 1 rings (SSSR count). The van der Waals surface area contributed by atoms with Gasteiger partial charge in [-0.3, -0.25) is 26.0 Å². The first-order valence-electron chi connectivity index (χ1n) is 7.82. The summed E-state index contributed by atoms with van der Waals surface area (Å²) in [6.07, 6.45) is 3.20. The number of aromatic nitrogens is 1. The summed E-state index contributed by atoms with van der Waals surface area (Å²) in [5, 5.41) is 19.5. The molecule has 0 saturated carbocycles. The van der Waals surface area contributed by atoms with Gasteiger partial charge in [-0.25, -0.2) is 14.4 Å². The van der Waals surface area contributed by atoms with Crippen LogP contribution in [-0.4, -0.2) is 55.7 Å². The molecule has 27 heavy (non-hydrogen) atoms. The van der Waals surface area contributed by atoms with Crippen LogP contribution >= 0.6 is 7.82 Å². The van der Waals surface area contributed by atoms with Crippen LogP contribution in [-0.2, 0) is 20.5 Å². The number of phosphoric acid groups is 1. The maximum absolute atomic E-state index is 11.4. The van der Waals surface area contributed by atoms with Crippen LogP contribution in [0.25, 0.3) is 0 Å². The Hall–Kier alpha value is -2.53. The van der Waals surface area contributed by atoms with Crippen LogP contribution in [0.5, 0.6) is 5.75 Å². The Morgan fingerprint density at radius 2 is 2.11 bits per heavy atom. The number of pyridine rings is 1. The highest BCUT2D eigenvalue weighted by Crippen LogP contribution is 2.37. The van der Waals surface area contributed by atoms with Crippen molar-refractivity contribution in [2.24, 2.45) is 11.5 Å². The van der Waals surface area contributed by atoms with Gasteiger partial charge in [-0.15, -0.1) is 0 Å². The molecule has 0 saturated heterocycles. The number of nitrogens with two attached hydrogens (primary N) is 2. The van der Waals surface area contributed by atoms with Gasteiger partial charge < -0.3 is 20.0 Å². The Bertz CT molecular complexity index is 773. The van der Waals surface area contributed by atoms with Crippen LogP contribution in [0.15, 0.2) is 6.20 Å². The minimum Gasteiger partial charge on any atom is -0.505 e. The molecule has 0 amide bonds. The molecule has 0 aromatic carbocycles. The molecule has 13 heteroatoms. The third kappa shape index (κ3) is 8.13. The van der Waals surface area contributed by atoms with Crippen molar-refractivity contribution in [3.05, 3.63) is 23.0 Å². The fourth-order valence-corrected chi connectivity index (χ4v) is 2.39. The monoisotopic (exact) mass is 405 g/mol. The lowest BCUT2D eigenvalue weighted by atomic mass is 10.1. The van der Waals surface area contributed by atoms with Gasteiger partial charge >= 0.3 is 19.8 Å². The van der Waals surface area contributed by atoms with E-state index in [0.29, 0.717) is 13.0 Å². The number of carbonyl (C=O) groups is 1. The molecule has 0 spiro atoms. The molecule has 10 N–H and O–H groups in total. The molecular weight excluding hydrogens is 381 g/mol. The summed E-state index contributed by atoms with van der Waals surface area (Å²) in [5.74, 6) is -1.34. The van der Waals surface area contributed by atoms with Gasteiger partial charge in [0.2, 0.25) is 6.04 Å². The van der Waals surface area contributed by atoms with Crippen LogP contribution in [0.1, 0.15) is 29.7 Å². The van der Waals surface area contributed by atoms with Crippen LogP contribution in [0.3, 0.4) is 0 Å². The fraction of sp³-hybridized carbons (Fsp3) is 0.429. The second kappa shape index (κ2) is 9.97. The second-order valence-corrected chi connectivity index (χ2v) is 6.86. The molecule has 0 aliphatic heterocycles. The van der Waals surface area contributed by atoms with Gasteiger partial charge in [-0.1, -0.05) is 0 Å². The van der Waals surface area contributed by atoms with Gasteiger partial charge in [0.05, 0.1) is 24.4 Å². The van der Waals surface area contributed by atoms with E-state index in [2.05, 4.69) is 19.5 Å². The third-order valence-electron chi connectivity index (χ3n) is 3.47. The van der Waals surface area contributed by atoms with Gasteiger partial charge in [0.1, 0.15) is 5.75 Å². The number of nitrogens with zero attached hydrogens (tertiary/aromatic N) is 1. The van der Waals surface area contributed by atoms with E-state index in [1.807, 2.05) is 0 Å². The zero-order valence-electron chi connectivity index (χ0n) is 14.6. The Labute approximate surface area is 154 Å². The maximum atomic E-state index is 11.4. The van der Waals surface area contributed by atoms with Gasteiger partial charge in [-0.05, 0) is 13.3 Å². The Kier molecular flexibility index (Phi) is 8.32. The lowest BCUT2D eigenvalue weighted by Gasteiger charge is -2.09. The number of aryl methyl sites for hydroxylation is 1. The molecule has 0 radical (unpaired) electrons. The van der Waals surface area contributed by atoms with E-state index in [9.17, 15) is 19.6 Å². The molecule has 0 aliphatic rings. The van der Waals surface area contributed by atoms with E-state index in [4.69, 9.17) is 21.3 Å². The maximum Gasteiger partial charge on any atom is 0.469 e. The molecule has 1 heterocycles. The van der Waals surface area contributed by atoms with Crippen LogP contribution < -0.4 is 21.5 Å². The smallest absolute Gasteiger partial charge is 0.469 e. The number of aliphatic carboxylic acids is 1. The quantitative estimate of drug-likeness (QED) is 0.0812. The Morgan fingerprint density at radius 1 is 1.44 bits per heavy atom. The second-order valence-electron chi connectivity index (χ2n) is 5.62. The van der Waals surface area contributed by atoms with E-state index in [1.165, 1.54) is 19.3 Å². The van der Waals surface area contributed by atoms with Crippen molar-refractivity contribution in [3.8, 4) is 5.75 Å². The molecule has 0 aliphatic carbocycles. The lowest BCUT2D eigenvalue weighted by Crippen LogP contribution is -2.80. The van der Waals surface area contributed by atoms with Crippen molar-refractivity contribution < 1.29 is 43.9 Å². The third-order valence-corrected chi connectivity index (χ3v) is 3.94. The van der Waals surface area contributed by atoms with Crippen molar-refractivity contribution in [1.29, 1.82) is 0 Å². The molecule has 1 aromatic rings. The zero-order chi connectivity index (χ0) is 20.6. The minimum atomic E-state index is -4.73. The van der Waals surface area contributed by atoms with E-state index in [0.717, 1.165) is 0 Å². The summed E-state index contributed by atoms with van der Waals surface area (Å²) in [4.78, 5) is 38.3. The summed E-state index contributed by atoms with van der Waals surface area (Å²) in [6.45, 7) is 1.38. The highest BCUT2D eigenvalue weighted by molar-refractivity contribution is 7.46. The van der Waals surface area contributed by atoms with E-state index in [-0.39, 0.29) is 35.0 Å². The minimum absolute atomic E-state index is 0.0354. The standard InChI is InChI=1S/C14H22N5O7P/c1-8-12(20)10(9(5-18-8)7-26-27(23,24)25)6-19-11(13(21)22)3-2-4-17-14(15)16/h5-6,11,20H,2-4,7H2,1H3,(H,21,22)(H4,15,16,17)(H2,23,24,25)/p+2/t11-/m1/s1. The predicted octanol–water partition coefficient (Wildman–Crippen LogP) is -4.21. The number of hydrogen-bond donors (Lipinski definition) is 8. The summed E-state index contributed by atoms with van der Waals surface area (Å²) < 4.78 is 15.3. The molecule has 12 nitrogen and oxygen atoms in total. The first kappa shape index (κ1) is 22.5. The summed E-state index contributed by atoms with van der Waals surface area (Å²) in [6, 6.07) is -0.978. The van der Waals surface area contributed by atoms with Crippen molar-refractivity contribution in [3.63, 3.8) is 0 Å². The summed E-state index contributed by atoms with van der Waals surface area (Å²) >= 11 is 0. The van der Waals surface area contributed by atoms with Gasteiger partial charge in [0.15, 0.2) is 6.21 Å². The van der Waals surface area contributed by atoms with E-state index in [1.54, 1.807) is 0 Å². The van der Waals surface area contributed by atoms with Crippen molar-refractivity contribution in [2.45, 2.75) is 32.4 Å². The normalized spacial score (nSPS) is 12.9. The number of nitrogens with one attached hydrogen (secondary N) is 2. The summed E-state index contributed by atoms with van der Waals surface area (Å²) in [7, 11) is -4.73. The molecule has 0 fully saturated rings. The Morgan fingerprint density at radius 3 is 2.67 bits per heavy atom. The van der Waals surface area contributed by atoms with Crippen molar-refractivity contribution in [2.75, 3.05) is 6.54 Å². The van der Waals surface area contributed by atoms with E-state index < -0.39 is 26.4 Å². The van der Waals surface area contributed by atoms with Crippen LogP contribution in [0.4, 0.5) is 0 Å². The number of rotatable bonds is 10. The SMILES string of the molecule is Cc1ncc(COP(=O)(O)O)c(C=[NH+][C@H](CCC[NH+]=C(N)N)C(=O)O)c1O. The largest absolute Gasteiger partial charge is 0.505 e. The average molecular weight is 405 g/mol. The summed E-state index contributed by atoms with van der Waals surface area (Å²) in [5.41, 5.74) is 11.1. The van der Waals surface area contributed by atoms with Gasteiger partial charge in [0, 0.05) is 18.2 Å². The first-order valence-corrected chi connectivity index (χ1v) is 9.35. The fourth-order valence-electron chi connectivity index (χ4n) is 2.08. The number of carboxylic acids is 1. The number of carboxylic acid groups (broad SMARTS) is 1. The number of aromatic hydroxyl groups is 1. The molecule has 150 valence electrons. The molecule has 1 aromatic heterocycles. The highest BCUT2D eigenvalue weighted by atomic mass is 31.2. The molecule has 0 bridgehead atoms. The lowest BCUT2D eigenvalue weighted by molar-refractivity contribution is -0.492. The van der Waals surface area contributed by atoms with Crippen molar-refractivity contribution >= 4 is 26.0 Å².